The Bertz CT molecular complexity index is 2490. The first kappa shape index (κ1) is 41.7. The van der Waals surface area contributed by atoms with Crippen molar-refractivity contribution in [2.45, 2.75) is 71.2 Å². The number of pyridine rings is 2. The number of hydrogen-bond donors (Lipinski definition) is 2. The van der Waals surface area contributed by atoms with Gasteiger partial charge in [0, 0.05) is 72.3 Å². The van der Waals surface area contributed by atoms with Gasteiger partial charge in [-0.15, -0.1) is 0 Å². The predicted molar refractivity (Wildman–Crippen MR) is 226 cm³/mol. The number of rotatable bonds is 11. The first-order valence-electron chi connectivity index (χ1n) is 19.5. The average Bonchev–Trinajstić information content (AvgIpc) is 3.62. The van der Waals surface area contributed by atoms with Gasteiger partial charge in [0.05, 0.1) is 40.9 Å². The van der Waals surface area contributed by atoms with Crippen molar-refractivity contribution in [3.05, 3.63) is 105 Å². The Kier molecular flexibility index (Phi) is 12.3. The van der Waals surface area contributed by atoms with Gasteiger partial charge >= 0.3 is 12.1 Å². The molecule has 15 heteroatoms. The molecule has 0 saturated carbocycles. The maximum Gasteiger partial charge on any atom is 0.410 e. The highest BCUT2D eigenvalue weighted by molar-refractivity contribution is 6.39. The monoisotopic (exact) mass is 840 g/mol. The number of benzene rings is 2. The van der Waals surface area contributed by atoms with Crippen LogP contribution in [0, 0.1) is 5.92 Å². The molecule has 308 valence electrons. The lowest BCUT2D eigenvalue weighted by Crippen LogP contribution is -2.43. The molecule has 2 aliphatic heterocycles. The number of carbonyl (C=O) groups is 3. The summed E-state index contributed by atoms with van der Waals surface area (Å²) in [6.45, 7) is 7.27. The number of ether oxygens (including phenoxy) is 2. The molecule has 0 radical (unpaired) electrons. The Morgan fingerprint density at radius 2 is 1.68 bits per heavy atom. The molecule has 2 amide bonds. The SMILES string of the molecule is COc1nc(-c2cccc(-c3cccc(-c4ccn5c(=O)c(CN6CCC[C@H](C(=O)O)C6)cnc5c4)c3Cl)c2Cl)ccc1CN(C[C@@H]1CCC(=O)N1)C(=O)OC(C)(C)C. The van der Waals surface area contributed by atoms with Gasteiger partial charge in [-0.2, -0.15) is 0 Å². The lowest BCUT2D eigenvalue weighted by Gasteiger charge is -2.30. The number of carbonyl (C=O) groups excluding carboxylic acids is 2. The number of piperidine rings is 1. The third kappa shape index (κ3) is 9.38. The molecule has 5 heterocycles. The molecule has 2 saturated heterocycles. The molecular formula is C44H46Cl2N6O7. The van der Waals surface area contributed by atoms with E-state index < -0.39 is 23.6 Å². The number of aromatic nitrogens is 3. The zero-order valence-corrected chi connectivity index (χ0v) is 34.8. The number of carboxylic acid groups (broad SMARTS) is 1. The number of aliphatic carboxylic acids is 1. The van der Waals surface area contributed by atoms with Crippen LogP contribution in [0.4, 0.5) is 4.79 Å². The van der Waals surface area contributed by atoms with Crippen LogP contribution in [0.5, 0.6) is 5.88 Å². The smallest absolute Gasteiger partial charge is 0.410 e. The molecule has 2 atom stereocenters. The summed E-state index contributed by atoms with van der Waals surface area (Å²) in [6.07, 6.45) is 5.16. The van der Waals surface area contributed by atoms with Gasteiger partial charge in [-0.25, -0.2) is 14.8 Å². The quantitative estimate of drug-likeness (QED) is 0.135. The molecule has 3 aromatic heterocycles. The second-order valence-corrected chi connectivity index (χ2v) is 16.8. The van der Waals surface area contributed by atoms with E-state index in [2.05, 4.69) is 10.3 Å². The third-order valence-electron chi connectivity index (χ3n) is 10.6. The Morgan fingerprint density at radius 3 is 2.36 bits per heavy atom. The Hall–Kier alpha value is -5.50. The van der Waals surface area contributed by atoms with Gasteiger partial charge in [0.15, 0.2) is 0 Å². The minimum absolute atomic E-state index is 0.0439. The molecule has 2 N–H and O–H groups in total. The number of carboxylic acids is 1. The highest BCUT2D eigenvalue weighted by Gasteiger charge is 2.30. The fourth-order valence-corrected chi connectivity index (χ4v) is 8.33. The molecule has 2 fully saturated rings. The minimum Gasteiger partial charge on any atom is -0.481 e. The lowest BCUT2D eigenvalue weighted by atomic mass is 9.97. The van der Waals surface area contributed by atoms with E-state index in [-0.39, 0.29) is 30.6 Å². The van der Waals surface area contributed by atoms with Gasteiger partial charge in [-0.1, -0.05) is 59.6 Å². The summed E-state index contributed by atoms with van der Waals surface area (Å²) in [6, 6.07) is 18.4. The van der Waals surface area contributed by atoms with Crippen molar-refractivity contribution in [1.82, 2.24) is 29.5 Å². The fraction of sp³-hybridized carbons (Fsp3) is 0.364. The maximum atomic E-state index is 13.5. The number of methoxy groups -OCH3 is 1. The number of likely N-dealkylation sites (tertiary alicyclic amines) is 1. The number of fused-ring (bicyclic) bond motifs is 1. The van der Waals surface area contributed by atoms with Crippen LogP contribution in [0.2, 0.25) is 10.0 Å². The van der Waals surface area contributed by atoms with Gasteiger partial charge in [0.1, 0.15) is 11.2 Å². The molecule has 59 heavy (non-hydrogen) atoms. The Balaban J connectivity index is 1.14. The van der Waals surface area contributed by atoms with Gasteiger partial charge < -0.3 is 24.8 Å². The van der Waals surface area contributed by atoms with Crippen molar-refractivity contribution in [3.8, 4) is 39.4 Å². The highest BCUT2D eigenvalue weighted by Crippen LogP contribution is 2.42. The molecule has 5 aromatic rings. The predicted octanol–water partition coefficient (Wildman–Crippen LogP) is 7.72. The Labute approximate surface area is 351 Å². The first-order valence-corrected chi connectivity index (χ1v) is 20.3. The van der Waals surface area contributed by atoms with Gasteiger partial charge in [0.2, 0.25) is 11.8 Å². The van der Waals surface area contributed by atoms with Crippen molar-refractivity contribution in [1.29, 1.82) is 0 Å². The minimum atomic E-state index is -0.813. The fourth-order valence-electron chi connectivity index (χ4n) is 7.66. The average molecular weight is 842 g/mol. The molecule has 0 aliphatic carbocycles. The van der Waals surface area contributed by atoms with E-state index in [1.807, 2.05) is 59.5 Å². The van der Waals surface area contributed by atoms with Gasteiger partial charge in [0.25, 0.3) is 5.56 Å². The topological polar surface area (TPSA) is 156 Å². The maximum absolute atomic E-state index is 13.5. The van der Waals surface area contributed by atoms with Crippen LogP contribution in [-0.2, 0) is 27.4 Å². The van der Waals surface area contributed by atoms with Crippen LogP contribution < -0.4 is 15.6 Å². The summed E-state index contributed by atoms with van der Waals surface area (Å²) in [4.78, 5) is 63.3. The van der Waals surface area contributed by atoms with Crippen molar-refractivity contribution < 1.29 is 29.0 Å². The standard InChI is InChI=1S/C44H46Cl2N6O7/c1-44(2,3)59-43(57)51(25-30-14-16-37(53)48-30)24-27-13-15-35(49-40(27)58-4)34-12-6-11-33(39(34)46)32-10-5-9-31(38(32)45)26-17-19-52-36(20-26)47-21-29(41(52)54)23-50-18-7-8-28(22-50)42(55)56/h5-6,9-13,15,17,19-21,28,30H,7-8,14,16,18,22-25H2,1-4H3,(H,48,53)(H,55,56)/t28-,30-/m0/s1. The summed E-state index contributed by atoms with van der Waals surface area (Å²) in [7, 11) is 1.51. The number of nitrogens with one attached hydrogen (secondary N) is 1. The van der Waals surface area contributed by atoms with E-state index in [0.717, 1.165) is 24.1 Å². The van der Waals surface area contributed by atoms with Crippen LogP contribution in [-0.4, -0.2) is 85.6 Å². The number of hydrogen-bond acceptors (Lipinski definition) is 9. The van der Waals surface area contributed by atoms with Crippen molar-refractivity contribution in [2.75, 3.05) is 26.7 Å². The number of amides is 2. The van der Waals surface area contributed by atoms with Crippen LogP contribution in [0.15, 0.2) is 77.9 Å². The third-order valence-corrected chi connectivity index (χ3v) is 11.4. The van der Waals surface area contributed by atoms with Crippen molar-refractivity contribution in [3.63, 3.8) is 0 Å². The molecular weight excluding hydrogens is 795 g/mol. The summed E-state index contributed by atoms with van der Waals surface area (Å²) in [5, 5.41) is 13.3. The van der Waals surface area contributed by atoms with Crippen molar-refractivity contribution in [2.24, 2.45) is 5.92 Å². The van der Waals surface area contributed by atoms with Crippen LogP contribution in [0.25, 0.3) is 39.2 Å². The zero-order valence-electron chi connectivity index (χ0n) is 33.3. The lowest BCUT2D eigenvalue weighted by molar-refractivity contribution is -0.143. The highest BCUT2D eigenvalue weighted by atomic mass is 35.5. The van der Waals surface area contributed by atoms with E-state index >= 15 is 0 Å². The van der Waals surface area contributed by atoms with Crippen LogP contribution in [0.1, 0.15) is 57.6 Å². The molecule has 0 spiro atoms. The van der Waals surface area contributed by atoms with E-state index in [1.165, 1.54) is 11.5 Å². The second kappa shape index (κ2) is 17.4. The Morgan fingerprint density at radius 1 is 0.966 bits per heavy atom. The summed E-state index contributed by atoms with van der Waals surface area (Å²) in [5.74, 6) is -0.991. The van der Waals surface area contributed by atoms with E-state index in [1.54, 1.807) is 44.1 Å². The molecule has 13 nitrogen and oxygen atoms in total. The number of halogens is 2. The van der Waals surface area contributed by atoms with Gasteiger partial charge in [-0.05, 0) is 76.4 Å². The van der Waals surface area contributed by atoms with E-state index in [4.69, 9.17) is 37.7 Å². The largest absolute Gasteiger partial charge is 0.481 e. The molecule has 0 bridgehead atoms. The van der Waals surface area contributed by atoms with E-state index in [0.29, 0.717) is 87.4 Å². The summed E-state index contributed by atoms with van der Waals surface area (Å²) >= 11 is 14.3. The van der Waals surface area contributed by atoms with E-state index in [9.17, 15) is 24.3 Å². The normalized spacial score (nSPS) is 17.2. The zero-order chi connectivity index (χ0) is 42.0. The van der Waals surface area contributed by atoms with Crippen molar-refractivity contribution >= 4 is 46.8 Å². The molecule has 2 aliphatic rings. The first-order chi connectivity index (χ1) is 28.2. The summed E-state index contributed by atoms with van der Waals surface area (Å²) < 4.78 is 12.9. The molecule has 2 aromatic carbocycles. The second-order valence-electron chi connectivity index (χ2n) is 16.0. The number of nitrogens with zero attached hydrogens (tertiary/aromatic N) is 5. The van der Waals surface area contributed by atoms with Crippen LogP contribution in [0.3, 0.4) is 0 Å². The van der Waals surface area contributed by atoms with Gasteiger partial charge in [-0.3, -0.25) is 23.7 Å². The molecule has 7 rings (SSSR count). The summed E-state index contributed by atoms with van der Waals surface area (Å²) in [5.41, 5.74) is 4.69. The van der Waals surface area contributed by atoms with Crippen LogP contribution >= 0.6 is 23.2 Å². The molecule has 0 unspecified atom stereocenters.